The molecule has 0 saturated heterocycles. The molecular weight excluding hydrogens is 170 g/mol. The second-order valence-electron chi connectivity index (χ2n) is 6.26. The molecule has 0 amide bonds. The van der Waals surface area contributed by atoms with Crippen molar-refractivity contribution in [3.8, 4) is 0 Å². The zero-order chi connectivity index (χ0) is 9.65. The first-order valence-corrected chi connectivity index (χ1v) is 6.43. The maximum Gasteiger partial charge on any atom is 0.000543 e. The van der Waals surface area contributed by atoms with E-state index in [2.05, 4.69) is 12.4 Å². The molecule has 0 heterocycles. The van der Waals surface area contributed by atoms with Gasteiger partial charge >= 0.3 is 0 Å². The van der Waals surface area contributed by atoms with Crippen molar-refractivity contribution in [3.63, 3.8) is 0 Å². The van der Waals surface area contributed by atoms with Gasteiger partial charge in [-0.2, -0.15) is 0 Å². The summed E-state index contributed by atoms with van der Waals surface area (Å²) in [5.41, 5.74) is 1.63. The molecule has 2 bridgehead atoms. The Morgan fingerprint density at radius 2 is 1.71 bits per heavy atom. The number of hydrogen-bond acceptors (Lipinski definition) is 1. The predicted molar refractivity (Wildman–Crippen MR) is 59.2 cm³/mol. The second kappa shape index (κ2) is 2.98. The fraction of sp³-hybridized carbons (Fsp3) is 1.00. The summed E-state index contributed by atoms with van der Waals surface area (Å²) in [5.74, 6) is 1.12. The first kappa shape index (κ1) is 9.21. The molecule has 4 saturated carbocycles. The quantitative estimate of drug-likeness (QED) is 0.726. The van der Waals surface area contributed by atoms with E-state index in [1.165, 1.54) is 25.8 Å². The zero-order valence-corrected chi connectivity index (χ0v) is 9.44. The molecule has 0 aliphatic heterocycles. The Labute approximate surface area is 87.7 Å². The van der Waals surface area contributed by atoms with Crippen LogP contribution in [-0.2, 0) is 0 Å². The Morgan fingerprint density at radius 3 is 2.29 bits per heavy atom. The van der Waals surface area contributed by atoms with Crippen molar-refractivity contribution >= 4 is 0 Å². The van der Waals surface area contributed by atoms with Gasteiger partial charge in [-0.1, -0.05) is 19.3 Å². The summed E-state index contributed by atoms with van der Waals surface area (Å²) in [6, 6.07) is 0. The van der Waals surface area contributed by atoms with Crippen molar-refractivity contribution in [1.82, 2.24) is 5.32 Å². The summed E-state index contributed by atoms with van der Waals surface area (Å²) in [7, 11) is 2.10. The van der Waals surface area contributed by atoms with Crippen molar-refractivity contribution in [2.45, 2.75) is 51.4 Å². The van der Waals surface area contributed by atoms with Crippen LogP contribution in [0.4, 0.5) is 0 Å². The molecule has 80 valence electrons. The minimum atomic E-state index is 0.770. The van der Waals surface area contributed by atoms with Crippen LogP contribution in [0.25, 0.3) is 0 Å². The summed E-state index contributed by atoms with van der Waals surface area (Å²) in [4.78, 5) is 0. The summed E-state index contributed by atoms with van der Waals surface area (Å²) >= 11 is 0. The average molecular weight is 193 g/mol. The van der Waals surface area contributed by atoms with E-state index in [0.717, 1.165) is 16.7 Å². The van der Waals surface area contributed by atoms with Gasteiger partial charge in [0.1, 0.15) is 0 Å². The lowest BCUT2D eigenvalue weighted by Crippen LogP contribution is -2.67. The van der Waals surface area contributed by atoms with E-state index in [1.54, 1.807) is 32.1 Å². The molecule has 4 fully saturated rings. The molecular formula is C13H23N. The molecule has 1 N–H and O–H groups in total. The lowest BCUT2D eigenvalue weighted by molar-refractivity contribution is -0.237. The molecule has 0 aromatic heterocycles. The molecule has 0 aromatic rings. The van der Waals surface area contributed by atoms with Crippen LogP contribution in [-0.4, -0.2) is 13.6 Å². The molecule has 0 radical (unpaired) electrons. The molecule has 0 atom stereocenters. The molecule has 0 unspecified atom stereocenters. The molecule has 4 rings (SSSR count). The lowest BCUT2D eigenvalue weighted by Gasteiger charge is -2.74. The highest BCUT2D eigenvalue weighted by Crippen LogP contribution is 2.77. The summed E-state index contributed by atoms with van der Waals surface area (Å²) in [6.07, 6.45) is 12.3. The fourth-order valence-electron chi connectivity index (χ4n) is 4.80. The van der Waals surface area contributed by atoms with Gasteiger partial charge in [-0.05, 0) is 55.9 Å². The number of nitrogens with one attached hydrogen (secondary N) is 1. The summed E-state index contributed by atoms with van der Waals surface area (Å²) in [6.45, 7) is 1.28. The molecule has 4 aliphatic carbocycles. The van der Waals surface area contributed by atoms with E-state index >= 15 is 0 Å². The normalized spacial score (nSPS) is 46.9. The highest BCUT2D eigenvalue weighted by molar-refractivity contribution is 5.19. The Bertz CT molecular complexity index is 208. The third-order valence-electron chi connectivity index (χ3n) is 5.20. The van der Waals surface area contributed by atoms with Gasteiger partial charge in [-0.25, -0.2) is 0 Å². The van der Waals surface area contributed by atoms with E-state index in [-0.39, 0.29) is 0 Å². The topological polar surface area (TPSA) is 12.0 Å². The molecule has 14 heavy (non-hydrogen) atoms. The second-order valence-corrected chi connectivity index (χ2v) is 6.26. The van der Waals surface area contributed by atoms with Crippen molar-refractivity contribution in [2.24, 2.45) is 16.7 Å². The van der Waals surface area contributed by atoms with Gasteiger partial charge in [-0.15, -0.1) is 0 Å². The van der Waals surface area contributed by atoms with Crippen LogP contribution in [0.5, 0.6) is 0 Å². The Morgan fingerprint density at radius 1 is 1.07 bits per heavy atom. The van der Waals surface area contributed by atoms with E-state index in [0.29, 0.717) is 0 Å². The van der Waals surface area contributed by atoms with Crippen LogP contribution in [0.2, 0.25) is 0 Å². The maximum absolute atomic E-state index is 3.37. The van der Waals surface area contributed by atoms with Gasteiger partial charge in [-0.3, -0.25) is 0 Å². The van der Waals surface area contributed by atoms with E-state index in [4.69, 9.17) is 0 Å². The average Bonchev–Trinajstić information content (AvgIpc) is 2.10. The first-order valence-electron chi connectivity index (χ1n) is 6.43. The standard InChI is InChI=1S/C13H23N/c1-14-10-12-7-13(8-12,9-12)11-5-3-2-4-6-11/h11,14H,2-10H2,1H3. The van der Waals surface area contributed by atoms with E-state index in [9.17, 15) is 0 Å². The molecule has 0 aromatic carbocycles. The third kappa shape index (κ3) is 1.11. The number of rotatable bonds is 3. The molecule has 4 aliphatic rings. The van der Waals surface area contributed by atoms with E-state index in [1.807, 2.05) is 0 Å². The van der Waals surface area contributed by atoms with Crippen molar-refractivity contribution in [1.29, 1.82) is 0 Å². The van der Waals surface area contributed by atoms with Crippen LogP contribution in [0.3, 0.4) is 0 Å². The monoisotopic (exact) mass is 193 g/mol. The van der Waals surface area contributed by atoms with E-state index < -0.39 is 0 Å². The lowest BCUT2D eigenvalue weighted by atomic mass is 9.31. The minimum absolute atomic E-state index is 0.770. The number of hydrogen-bond donors (Lipinski definition) is 1. The van der Waals surface area contributed by atoms with Crippen molar-refractivity contribution in [3.05, 3.63) is 0 Å². The minimum Gasteiger partial charge on any atom is -0.319 e. The Kier molecular flexibility index (Phi) is 1.96. The van der Waals surface area contributed by atoms with Gasteiger partial charge in [0.2, 0.25) is 0 Å². The van der Waals surface area contributed by atoms with Gasteiger partial charge in [0, 0.05) is 6.54 Å². The van der Waals surface area contributed by atoms with Crippen molar-refractivity contribution in [2.75, 3.05) is 13.6 Å². The molecule has 0 spiro atoms. The van der Waals surface area contributed by atoms with Gasteiger partial charge in [0.15, 0.2) is 0 Å². The highest BCUT2D eigenvalue weighted by Gasteiger charge is 2.68. The smallest absolute Gasteiger partial charge is 0.000543 e. The van der Waals surface area contributed by atoms with Gasteiger partial charge < -0.3 is 5.32 Å². The van der Waals surface area contributed by atoms with Crippen LogP contribution in [0.15, 0.2) is 0 Å². The molecule has 1 nitrogen and oxygen atoms in total. The van der Waals surface area contributed by atoms with Crippen molar-refractivity contribution < 1.29 is 0 Å². The van der Waals surface area contributed by atoms with Crippen LogP contribution in [0.1, 0.15) is 51.4 Å². The van der Waals surface area contributed by atoms with Crippen LogP contribution in [0, 0.1) is 16.7 Å². The zero-order valence-electron chi connectivity index (χ0n) is 9.44. The highest BCUT2D eigenvalue weighted by atomic mass is 14.9. The molecule has 1 heteroatoms. The first-order chi connectivity index (χ1) is 6.79. The van der Waals surface area contributed by atoms with Crippen LogP contribution < -0.4 is 5.32 Å². The maximum atomic E-state index is 3.37. The third-order valence-corrected chi connectivity index (χ3v) is 5.20. The summed E-state index contributed by atoms with van der Waals surface area (Å²) in [5, 5.41) is 3.37. The van der Waals surface area contributed by atoms with Gasteiger partial charge in [0.25, 0.3) is 0 Å². The SMILES string of the molecule is CNCC12CC(C3CCCCC3)(C1)C2. The largest absolute Gasteiger partial charge is 0.319 e. The Balaban J connectivity index is 1.57. The Hall–Kier alpha value is -0.0400. The van der Waals surface area contributed by atoms with Crippen LogP contribution >= 0.6 is 0 Å². The fourth-order valence-corrected chi connectivity index (χ4v) is 4.80. The van der Waals surface area contributed by atoms with Gasteiger partial charge in [0.05, 0.1) is 0 Å². The predicted octanol–water partition coefficient (Wildman–Crippen LogP) is 2.96. The summed E-state index contributed by atoms with van der Waals surface area (Å²) < 4.78 is 0.